The molecule has 1 aliphatic heterocycles. The van der Waals surface area contributed by atoms with E-state index in [1.165, 1.54) is 0 Å². The van der Waals surface area contributed by atoms with Gasteiger partial charge in [0.2, 0.25) is 0 Å². The number of carbonyl (C=O) groups excluding carboxylic acids is 1. The molecule has 1 aromatic rings. The molecular weight excluding hydrogens is 276 g/mol. The van der Waals surface area contributed by atoms with Crippen LogP contribution in [0, 0.1) is 5.92 Å². The zero-order valence-electron chi connectivity index (χ0n) is 13.9. The van der Waals surface area contributed by atoms with Crippen molar-refractivity contribution in [2.75, 3.05) is 19.6 Å². The van der Waals surface area contributed by atoms with Crippen LogP contribution in [0.5, 0.6) is 5.75 Å². The summed E-state index contributed by atoms with van der Waals surface area (Å²) >= 11 is 0. The van der Waals surface area contributed by atoms with Gasteiger partial charge in [-0.2, -0.15) is 0 Å². The molecule has 0 aliphatic carbocycles. The van der Waals surface area contributed by atoms with Crippen LogP contribution in [0.3, 0.4) is 0 Å². The molecule has 2 unspecified atom stereocenters. The molecule has 0 aromatic heterocycles. The van der Waals surface area contributed by atoms with Crippen LogP contribution in [0.4, 0.5) is 0 Å². The second-order valence-electron chi connectivity index (χ2n) is 6.38. The number of nitrogens with zero attached hydrogens (tertiary/aromatic N) is 1. The van der Waals surface area contributed by atoms with Gasteiger partial charge in [-0.15, -0.1) is 0 Å². The standard InChI is InChI=1S/C18H28N2O2/c1-4-16(18(21)20-10-9-14(11-19)12-20)22-17-8-6-5-7-15(17)13(2)3/h5-8,13-14,16H,4,9-12,19H2,1-3H3. The van der Waals surface area contributed by atoms with Crippen LogP contribution < -0.4 is 10.5 Å². The predicted molar refractivity (Wildman–Crippen MR) is 89.0 cm³/mol. The topological polar surface area (TPSA) is 55.6 Å². The number of para-hydroxylation sites is 1. The largest absolute Gasteiger partial charge is 0.480 e. The summed E-state index contributed by atoms with van der Waals surface area (Å²) in [5, 5.41) is 0. The lowest BCUT2D eigenvalue weighted by Crippen LogP contribution is -2.41. The summed E-state index contributed by atoms with van der Waals surface area (Å²) in [6.45, 7) is 8.48. The second-order valence-corrected chi connectivity index (χ2v) is 6.38. The first kappa shape index (κ1) is 16.8. The van der Waals surface area contributed by atoms with Crippen molar-refractivity contribution in [3.8, 4) is 5.75 Å². The maximum atomic E-state index is 12.7. The SMILES string of the molecule is CCC(Oc1ccccc1C(C)C)C(=O)N1CCC(CN)C1. The highest BCUT2D eigenvalue weighted by Crippen LogP contribution is 2.28. The van der Waals surface area contributed by atoms with Crippen molar-refractivity contribution < 1.29 is 9.53 Å². The van der Waals surface area contributed by atoms with E-state index in [0.29, 0.717) is 24.8 Å². The maximum Gasteiger partial charge on any atom is 0.263 e. The van der Waals surface area contributed by atoms with Crippen molar-refractivity contribution in [1.29, 1.82) is 0 Å². The highest BCUT2D eigenvalue weighted by Gasteiger charge is 2.31. The number of ether oxygens (including phenoxy) is 1. The van der Waals surface area contributed by atoms with Gasteiger partial charge in [0.25, 0.3) is 5.91 Å². The number of benzene rings is 1. The molecule has 1 aromatic carbocycles. The average Bonchev–Trinajstić information content (AvgIpc) is 3.01. The van der Waals surface area contributed by atoms with Crippen LogP contribution in [0.2, 0.25) is 0 Å². The normalized spacial score (nSPS) is 19.5. The molecule has 1 fully saturated rings. The Bertz CT molecular complexity index is 502. The van der Waals surface area contributed by atoms with E-state index < -0.39 is 6.10 Å². The molecule has 2 rings (SSSR count). The third-order valence-electron chi connectivity index (χ3n) is 4.39. The first-order chi connectivity index (χ1) is 10.6. The Morgan fingerprint density at radius 2 is 2.14 bits per heavy atom. The van der Waals surface area contributed by atoms with Gasteiger partial charge in [-0.3, -0.25) is 4.79 Å². The van der Waals surface area contributed by atoms with Crippen LogP contribution in [-0.4, -0.2) is 36.5 Å². The highest BCUT2D eigenvalue weighted by molar-refractivity contribution is 5.81. The van der Waals surface area contributed by atoms with Gasteiger partial charge >= 0.3 is 0 Å². The summed E-state index contributed by atoms with van der Waals surface area (Å²) in [6, 6.07) is 7.99. The Hall–Kier alpha value is -1.55. The van der Waals surface area contributed by atoms with E-state index in [9.17, 15) is 4.79 Å². The number of carbonyl (C=O) groups is 1. The molecule has 0 radical (unpaired) electrons. The van der Waals surface area contributed by atoms with Crippen molar-refractivity contribution >= 4 is 5.91 Å². The number of rotatable bonds is 6. The number of nitrogens with two attached hydrogens (primary N) is 1. The summed E-state index contributed by atoms with van der Waals surface area (Å²) in [5.41, 5.74) is 6.86. The molecule has 122 valence electrons. The van der Waals surface area contributed by atoms with Gasteiger partial charge in [0, 0.05) is 13.1 Å². The van der Waals surface area contributed by atoms with Crippen LogP contribution >= 0.6 is 0 Å². The van der Waals surface area contributed by atoms with Gasteiger partial charge in [-0.05, 0) is 42.9 Å². The third kappa shape index (κ3) is 3.80. The monoisotopic (exact) mass is 304 g/mol. The van der Waals surface area contributed by atoms with E-state index >= 15 is 0 Å². The van der Waals surface area contributed by atoms with Crippen LogP contribution in [-0.2, 0) is 4.79 Å². The zero-order chi connectivity index (χ0) is 16.1. The number of likely N-dealkylation sites (tertiary alicyclic amines) is 1. The summed E-state index contributed by atoms with van der Waals surface area (Å²) in [5.74, 6) is 1.73. The molecule has 4 heteroatoms. The summed E-state index contributed by atoms with van der Waals surface area (Å²) in [7, 11) is 0. The predicted octanol–water partition coefficient (Wildman–Crippen LogP) is 2.77. The van der Waals surface area contributed by atoms with Gasteiger partial charge in [0.15, 0.2) is 6.10 Å². The van der Waals surface area contributed by atoms with E-state index in [4.69, 9.17) is 10.5 Å². The lowest BCUT2D eigenvalue weighted by atomic mass is 10.0. The van der Waals surface area contributed by atoms with E-state index in [1.807, 2.05) is 30.0 Å². The highest BCUT2D eigenvalue weighted by atomic mass is 16.5. The zero-order valence-corrected chi connectivity index (χ0v) is 13.9. The molecule has 22 heavy (non-hydrogen) atoms. The first-order valence-electron chi connectivity index (χ1n) is 8.31. The Labute approximate surface area is 133 Å². The molecule has 4 nitrogen and oxygen atoms in total. The van der Waals surface area contributed by atoms with Gasteiger partial charge in [0.05, 0.1) is 0 Å². The quantitative estimate of drug-likeness (QED) is 0.879. The minimum absolute atomic E-state index is 0.0945. The summed E-state index contributed by atoms with van der Waals surface area (Å²) in [4.78, 5) is 14.6. The number of hydrogen-bond acceptors (Lipinski definition) is 3. The minimum Gasteiger partial charge on any atom is -0.480 e. The molecule has 1 saturated heterocycles. The van der Waals surface area contributed by atoms with Gasteiger partial charge in [-0.1, -0.05) is 39.0 Å². The van der Waals surface area contributed by atoms with Crippen LogP contribution in [0.1, 0.15) is 45.1 Å². The molecule has 1 amide bonds. The van der Waals surface area contributed by atoms with Crippen LogP contribution in [0.25, 0.3) is 0 Å². The summed E-state index contributed by atoms with van der Waals surface area (Å²) in [6.07, 6.45) is 1.27. The molecule has 1 heterocycles. The Balaban J connectivity index is 2.08. The van der Waals surface area contributed by atoms with E-state index in [1.54, 1.807) is 0 Å². The fraction of sp³-hybridized carbons (Fsp3) is 0.611. The van der Waals surface area contributed by atoms with Crippen molar-refractivity contribution in [1.82, 2.24) is 4.90 Å². The van der Waals surface area contributed by atoms with E-state index in [-0.39, 0.29) is 5.91 Å². The van der Waals surface area contributed by atoms with Gasteiger partial charge < -0.3 is 15.4 Å². The average molecular weight is 304 g/mol. The van der Waals surface area contributed by atoms with Gasteiger partial charge in [-0.25, -0.2) is 0 Å². The van der Waals surface area contributed by atoms with Gasteiger partial charge in [0.1, 0.15) is 5.75 Å². The fourth-order valence-electron chi connectivity index (χ4n) is 2.96. The van der Waals surface area contributed by atoms with Crippen molar-refractivity contribution in [3.05, 3.63) is 29.8 Å². The molecule has 0 bridgehead atoms. The lowest BCUT2D eigenvalue weighted by Gasteiger charge is -2.25. The third-order valence-corrected chi connectivity index (χ3v) is 4.39. The molecular formula is C18H28N2O2. The van der Waals surface area contributed by atoms with Crippen LogP contribution in [0.15, 0.2) is 24.3 Å². The van der Waals surface area contributed by atoms with Crippen molar-refractivity contribution in [2.24, 2.45) is 11.7 Å². The van der Waals surface area contributed by atoms with E-state index in [2.05, 4.69) is 19.9 Å². The maximum absolute atomic E-state index is 12.7. The van der Waals surface area contributed by atoms with Crippen molar-refractivity contribution in [3.63, 3.8) is 0 Å². The Kier molecular flexibility index (Phi) is 5.83. The minimum atomic E-state index is -0.406. The lowest BCUT2D eigenvalue weighted by molar-refractivity contribution is -0.137. The number of hydrogen-bond donors (Lipinski definition) is 1. The molecule has 0 spiro atoms. The molecule has 0 saturated carbocycles. The molecule has 2 atom stereocenters. The Morgan fingerprint density at radius 3 is 2.73 bits per heavy atom. The smallest absolute Gasteiger partial charge is 0.263 e. The number of amides is 1. The molecule has 2 N–H and O–H groups in total. The second kappa shape index (κ2) is 7.63. The first-order valence-corrected chi connectivity index (χ1v) is 8.31. The summed E-state index contributed by atoms with van der Waals surface area (Å²) < 4.78 is 6.08. The van der Waals surface area contributed by atoms with Crippen molar-refractivity contribution in [2.45, 2.75) is 45.6 Å². The Morgan fingerprint density at radius 1 is 1.41 bits per heavy atom. The molecule has 1 aliphatic rings. The fourth-order valence-corrected chi connectivity index (χ4v) is 2.96. The van der Waals surface area contributed by atoms with E-state index in [0.717, 1.165) is 30.8 Å².